The van der Waals surface area contributed by atoms with Crippen molar-refractivity contribution in [2.24, 2.45) is 11.7 Å². The molecule has 0 aliphatic carbocycles. The van der Waals surface area contributed by atoms with Gasteiger partial charge in [0.15, 0.2) is 0 Å². The number of rotatable bonds is 1. The predicted octanol–water partition coefficient (Wildman–Crippen LogP) is 1.55. The lowest BCUT2D eigenvalue weighted by Crippen LogP contribution is -2.32. The van der Waals surface area contributed by atoms with Crippen LogP contribution in [-0.4, -0.2) is 29.9 Å². The lowest BCUT2D eigenvalue weighted by molar-refractivity contribution is 0.0786. The van der Waals surface area contributed by atoms with E-state index < -0.39 is 0 Å². The van der Waals surface area contributed by atoms with E-state index in [1.54, 1.807) is 17.9 Å². The van der Waals surface area contributed by atoms with Crippen molar-refractivity contribution in [2.45, 2.75) is 19.9 Å². The molecule has 0 aromatic heterocycles. The number of nitrogens with two attached hydrogens (primary N) is 1. The zero-order chi connectivity index (χ0) is 12.6. The number of hydrogen-bond acceptors (Lipinski definition) is 2. The minimum absolute atomic E-state index is 0.0414. The molecule has 1 aliphatic rings. The molecule has 17 heavy (non-hydrogen) atoms. The molecule has 1 aromatic carbocycles. The van der Waals surface area contributed by atoms with Crippen molar-refractivity contribution in [2.75, 3.05) is 13.1 Å². The fourth-order valence-electron chi connectivity index (χ4n) is 2.20. The summed E-state index contributed by atoms with van der Waals surface area (Å²) in [4.78, 5) is 14.0. The number of likely N-dealkylation sites (tertiary alicyclic amines) is 1. The van der Waals surface area contributed by atoms with Gasteiger partial charge in [-0.05, 0) is 36.6 Å². The second-order valence-electron chi connectivity index (χ2n) is 4.81. The van der Waals surface area contributed by atoms with Gasteiger partial charge in [0.05, 0.1) is 0 Å². The molecule has 0 saturated carbocycles. The van der Waals surface area contributed by atoms with Crippen LogP contribution in [0.2, 0.25) is 0 Å². The zero-order valence-corrected chi connectivity index (χ0v) is 10.1. The Balaban J connectivity index is 2.20. The van der Waals surface area contributed by atoms with Gasteiger partial charge in [0.25, 0.3) is 5.91 Å². The number of carbonyl (C=O) groups is 1. The molecule has 1 fully saturated rings. The second-order valence-corrected chi connectivity index (χ2v) is 4.81. The first-order valence-corrected chi connectivity index (χ1v) is 5.80. The van der Waals surface area contributed by atoms with E-state index in [0.717, 1.165) is 0 Å². The van der Waals surface area contributed by atoms with Crippen molar-refractivity contribution < 1.29 is 9.18 Å². The van der Waals surface area contributed by atoms with Crippen molar-refractivity contribution >= 4 is 5.91 Å². The Morgan fingerprint density at radius 1 is 1.47 bits per heavy atom. The summed E-state index contributed by atoms with van der Waals surface area (Å²) >= 11 is 0. The summed E-state index contributed by atoms with van der Waals surface area (Å²) < 4.78 is 13.0. The minimum Gasteiger partial charge on any atom is -0.337 e. The van der Waals surface area contributed by atoms with Crippen molar-refractivity contribution in [1.82, 2.24) is 4.90 Å². The van der Waals surface area contributed by atoms with Crippen LogP contribution in [0.5, 0.6) is 0 Å². The number of hydrogen-bond donors (Lipinski definition) is 1. The lowest BCUT2D eigenvalue weighted by Gasteiger charge is -2.17. The largest absolute Gasteiger partial charge is 0.337 e. The SMILES string of the molecule is Cc1cc(F)ccc1C(=O)N1CC(C)C(N)C1. The van der Waals surface area contributed by atoms with E-state index in [2.05, 4.69) is 0 Å². The van der Waals surface area contributed by atoms with Crippen LogP contribution in [0.3, 0.4) is 0 Å². The summed E-state index contributed by atoms with van der Waals surface area (Å²) in [6.45, 7) is 5.04. The van der Waals surface area contributed by atoms with Crippen LogP contribution in [0.1, 0.15) is 22.8 Å². The highest BCUT2D eigenvalue weighted by atomic mass is 19.1. The highest BCUT2D eigenvalue weighted by Crippen LogP contribution is 2.19. The van der Waals surface area contributed by atoms with Crippen molar-refractivity contribution in [1.29, 1.82) is 0 Å². The first kappa shape index (κ1) is 12.0. The maximum Gasteiger partial charge on any atom is 0.254 e. The van der Waals surface area contributed by atoms with E-state index in [1.165, 1.54) is 12.1 Å². The summed E-state index contributed by atoms with van der Waals surface area (Å²) in [5.74, 6) is -0.0486. The molecule has 1 aliphatic heterocycles. The van der Waals surface area contributed by atoms with Crippen LogP contribution in [0.25, 0.3) is 0 Å². The van der Waals surface area contributed by atoms with Gasteiger partial charge in [0.1, 0.15) is 5.82 Å². The van der Waals surface area contributed by atoms with Gasteiger partial charge in [-0.2, -0.15) is 0 Å². The molecule has 1 heterocycles. The minimum atomic E-state index is -0.314. The van der Waals surface area contributed by atoms with Crippen molar-refractivity contribution in [3.63, 3.8) is 0 Å². The van der Waals surface area contributed by atoms with Crippen LogP contribution in [0.15, 0.2) is 18.2 Å². The standard InChI is InChI=1S/C13H17FN2O/c1-8-5-10(14)3-4-11(8)13(17)16-6-9(2)12(15)7-16/h3-5,9,12H,6-7,15H2,1-2H3. The number of nitrogens with zero attached hydrogens (tertiary/aromatic N) is 1. The van der Waals surface area contributed by atoms with Gasteiger partial charge >= 0.3 is 0 Å². The summed E-state index contributed by atoms with van der Waals surface area (Å²) in [5.41, 5.74) is 7.13. The maximum absolute atomic E-state index is 13.0. The van der Waals surface area contributed by atoms with Gasteiger partial charge < -0.3 is 10.6 Å². The molecule has 3 nitrogen and oxygen atoms in total. The van der Waals surface area contributed by atoms with E-state index in [0.29, 0.717) is 30.1 Å². The van der Waals surface area contributed by atoms with Gasteiger partial charge in [0.2, 0.25) is 0 Å². The molecular formula is C13H17FN2O. The summed E-state index contributed by atoms with van der Waals surface area (Å²) in [6.07, 6.45) is 0. The smallest absolute Gasteiger partial charge is 0.254 e. The molecular weight excluding hydrogens is 219 g/mol. The molecule has 2 unspecified atom stereocenters. The third kappa shape index (κ3) is 2.31. The first-order valence-electron chi connectivity index (χ1n) is 5.80. The molecule has 2 atom stereocenters. The van der Waals surface area contributed by atoms with Crippen molar-refractivity contribution in [3.05, 3.63) is 35.1 Å². The normalized spacial score (nSPS) is 24.1. The number of benzene rings is 1. The molecule has 1 saturated heterocycles. The summed E-state index contributed by atoms with van der Waals surface area (Å²) in [7, 11) is 0. The van der Waals surface area contributed by atoms with E-state index in [-0.39, 0.29) is 17.8 Å². The Bertz CT molecular complexity index is 437. The van der Waals surface area contributed by atoms with E-state index >= 15 is 0 Å². The Morgan fingerprint density at radius 2 is 2.18 bits per heavy atom. The predicted molar refractivity (Wildman–Crippen MR) is 64.2 cm³/mol. The highest BCUT2D eigenvalue weighted by molar-refractivity contribution is 5.95. The summed E-state index contributed by atoms with van der Waals surface area (Å²) in [5, 5.41) is 0. The molecule has 0 bridgehead atoms. The number of amides is 1. The third-order valence-electron chi connectivity index (χ3n) is 3.38. The quantitative estimate of drug-likeness (QED) is 0.804. The van der Waals surface area contributed by atoms with Crippen LogP contribution in [-0.2, 0) is 0 Å². The van der Waals surface area contributed by atoms with E-state index in [1.807, 2.05) is 6.92 Å². The molecule has 2 rings (SSSR count). The average Bonchev–Trinajstić information content (AvgIpc) is 2.58. The topological polar surface area (TPSA) is 46.3 Å². The number of carbonyl (C=O) groups excluding carboxylic acids is 1. The second kappa shape index (κ2) is 4.45. The molecule has 1 amide bonds. The maximum atomic E-state index is 13.0. The molecule has 0 spiro atoms. The van der Waals surface area contributed by atoms with Gasteiger partial charge in [-0.3, -0.25) is 4.79 Å². The monoisotopic (exact) mass is 236 g/mol. The fraction of sp³-hybridized carbons (Fsp3) is 0.462. The fourth-order valence-corrected chi connectivity index (χ4v) is 2.20. The lowest BCUT2D eigenvalue weighted by atomic mass is 10.1. The Labute approximate surface area is 100 Å². The van der Waals surface area contributed by atoms with Crippen LogP contribution >= 0.6 is 0 Å². The van der Waals surface area contributed by atoms with Gasteiger partial charge in [-0.25, -0.2) is 4.39 Å². The molecule has 1 aromatic rings. The van der Waals surface area contributed by atoms with Gasteiger partial charge in [-0.1, -0.05) is 6.92 Å². The van der Waals surface area contributed by atoms with E-state index in [4.69, 9.17) is 5.73 Å². The summed E-state index contributed by atoms with van der Waals surface area (Å²) in [6, 6.07) is 4.29. The Morgan fingerprint density at radius 3 is 2.71 bits per heavy atom. The molecule has 4 heteroatoms. The van der Waals surface area contributed by atoms with Gasteiger partial charge in [0, 0.05) is 24.7 Å². The zero-order valence-electron chi connectivity index (χ0n) is 10.1. The number of halogens is 1. The number of aryl methyl sites for hydroxylation is 1. The average molecular weight is 236 g/mol. The Kier molecular flexibility index (Phi) is 3.15. The Hall–Kier alpha value is -1.42. The first-order chi connectivity index (χ1) is 7.99. The van der Waals surface area contributed by atoms with Crippen molar-refractivity contribution in [3.8, 4) is 0 Å². The molecule has 0 radical (unpaired) electrons. The van der Waals surface area contributed by atoms with E-state index in [9.17, 15) is 9.18 Å². The third-order valence-corrected chi connectivity index (χ3v) is 3.38. The molecule has 2 N–H and O–H groups in total. The van der Waals surface area contributed by atoms with Crippen LogP contribution in [0, 0.1) is 18.7 Å². The van der Waals surface area contributed by atoms with Crippen LogP contribution in [0.4, 0.5) is 4.39 Å². The van der Waals surface area contributed by atoms with Crippen LogP contribution < -0.4 is 5.73 Å². The highest BCUT2D eigenvalue weighted by Gasteiger charge is 2.30. The molecule has 92 valence electrons. The van der Waals surface area contributed by atoms with Gasteiger partial charge in [-0.15, -0.1) is 0 Å².